The first-order valence-corrected chi connectivity index (χ1v) is 9.63. The number of aliphatic hydroxyl groups excluding tert-OH is 1. The van der Waals surface area contributed by atoms with Gasteiger partial charge in [0.15, 0.2) is 11.3 Å². The van der Waals surface area contributed by atoms with Crippen LogP contribution in [0, 0.1) is 0 Å². The quantitative estimate of drug-likeness (QED) is 0.596. The van der Waals surface area contributed by atoms with Gasteiger partial charge in [0.25, 0.3) is 0 Å². The average Bonchev–Trinajstić information content (AvgIpc) is 2.91. The Bertz CT molecular complexity index is 953. The van der Waals surface area contributed by atoms with Gasteiger partial charge in [0, 0.05) is 21.4 Å². The summed E-state index contributed by atoms with van der Waals surface area (Å²) >= 11 is 9.13. The number of halogens is 1. The topological polar surface area (TPSA) is 46.9 Å². The van der Waals surface area contributed by atoms with E-state index in [9.17, 15) is 10.2 Å². The second-order valence-corrected chi connectivity index (χ2v) is 7.55. The highest BCUT2D eigenvalue weighted by atomic mass is 79.9. The third-order valence-electron chi connectivity index (χ3n) is 4.66. The molecule has 0 bridgehead atoms. The van der Waals surface area contributed by atoms with Crippen LogP contribution in [0.2, 0.25) is 0 Å². The second-order valence-electron chi connectivity index (χ2n) is 6.27. The number of hydrogen-bond donors (Lipinski definition) is 2. The first kappa shape index (κ1) is 18.1. The van der Waals surface area contributed by atoms with Gasteiger partial charge in [-0.2, -0.15) is 0 Å². The highest BCUT2D eigenvalue weighted by molar-refractivity contribution is 9.10. The van der Waals surface area contributed by atoms with E-state index in [1.165, 1.54) is 0 Å². The lowest BCUT2D eigenvalue weighted by molar-refractivity contribution is -0.0546. The Labute approximate surface area is 171 Å². The highest BCUT2D eigenvalue weighted by Crippen LogP contribution is 2.43. The van der Waals surface area contributed by atoms with Gasteiger partial charge in [0.1, 0.15) is 0 Å². The molecule has 2 N–H and O–H groups in total. The number of aliphatic hydroxyl groups is 2. The molecule has 1 fully saturated rings. The lowest BCUT2D eigenvalue weighted by Gasteiger charge is -2.35. The van der Waals surface area contributed by atoms with Gasteiger partial charge in [0.2, 0.25) is 5.72 Å². The van der Waals surface area contributed by atoms with E-state index >= 15 is 0 Å². The summed E-state index contributed by atoms with van der Waals surface area (Å²) in [4.78, 5) is 3.17. The van der Waals surface area contributed by atoms with Crippen LogP contribution in [0.4, 0.5) is 11.4 Å². The summed E-state index contributed by atoms with van der Waals surface area (Å²) in [5, 5.41) is 23.3. The minimum atomic E-state index is -1.73. The molecule has 3 aromatic carbocycles. The van der Waals surface area contributed by atoms with Crippen molar-refractivity contribution < 1.29 is 10.2 Å². The summed E-state index contributed by atoms with van der Waals surface area (Å²) in [5.74, 6) is 0. The molecule has 1 heterocycles. The molecule has 4 rings (SSSR count). The number of para-hydroxylation sites is 1. The Morgan fingerprint density at radius 2 is 1.37 bits per heavy atom. The fraction of sp³-hybridized carbons (Fsp3) is 0.0952. The van der Waals surface area contributed by atoms with Gasteiger partial charge in [0.05, 0.1) is 0 Å². The molecule has 1 aliphatic rings. The van der Waals surface area contributed by atoms with Crippen molar-refractivity contribution in [2.75, 3.05) is 9.80 Å². The van der Waals surface area contributed by atoms with Crippen molar-refractivity contribution in [3.05, 3.63) is 95.0 Å². The average molecular weight is 441 g/mol. The first-order chi connectivity index (χ1) is 13.0. The highest BCUT2D eigenvalue weighted by Gasteiger charge is 2.56. The zero-order valence-electron chi connectivity index (χ0n) is 14.2. The van der Waals surface area contributed by atoms with Crippen molar-refractivity contribution in [2.45, 2.75) is 12.0 Å². The van der Waals surface area contributed by atoms with Crippen molar-refractivity contribution in [3.8, 4) is 0 Å². The van der Waals surface area contributed by atoms with Gasteiger partial charge < -0.3 is 10.2 Å². The predicted molar refractivity (Wildman–Crippen MR) is 114 cm³/mol. The Morgan fingerprint density at radius 3 is 1.96 bits per heavy atom. The zero-order chi connectivity index (χ0) is 19.0. The molecule has 6 heteroatoms. The van der Waals surface area contributed by atoms with E-state index in [1.807, 2.05) is 72.8 Å². The number of nitrogens with zero attached hydrogens (tertiary/aromatic N) is 2. The molecule has 0 amide bonds. The molecule has 0 saturated carbocycles. The monoisotopic (exact) mass is 440 g/mol. The van der Waals surface area contributed by atoms with Crippen molar-refractivity contribution >= 4 is 44.6 Å². The van der Waals surface area contributed by atoms with Gasteiger partial charge in [-0.1, -0.05) is 64.5 Å². The molecule has 4 nitrogen and oxygen atoms in total. The van der Waals surface area contributed by atoms with Crippen LogP contribution in [-0.2, 0) is 5.72 Å². The number of benzene rings is 3. The molecule has 1 aliphatic heterocycles. The minimum Gasteiger partial charge on any atom is -0.368 e. The molecule has 1 saturated heterocycles. The Balaban J connectivity index is 1.90. The van der Waals surface area contributed by atoms with Crippen molar-refractivity contribution in [2.24, 2.45) is 0 Å². The van der Waals surface area contributed by atoms with Crippen LogP contribution in [0.1, 0.15) is 5.56 Å². The van der Waals surface area contributed by atoms with E-state index in [0.717, 1.165) is 4.47 Å². The standard InChI is InChI=1S/C21H17BrN2O2S/c22-16-11-13-18(14-12-16)24-20(27)23(17-9-5-2-6-10-17)19(25)21(24,26)15-7-3-1-4-8-15/h1-14,19,25-26H/t19-,21+/m0/s1. The fourth-order valence-corrected chi connectivity index (χ4v) is 4.07. The summed E-state index contributed by atoms with van der Waals surface area (Å²) < 4.78 is 0.917. The summed E-state index contributed by atoms with van der Waals surface area (Å²) in [6.45, 7) is 0. The van der Waals surface area contributed by atoms with Crippen LogP contribution in [0.3, 0.4) is 0 Å². The van der Waals surface area contributed by atoms with Gasteiger partial charge in [-0.05, 0) is 48.6 Å². The second kappa shape index (κ2) is 7.05. The van der Waals surface area contributed by atoms with E-state index in [1.54, 1.807) is 21.9 Å². The van der Waals surface area contributed by atoms with E-state index in [4.69, 9.17) is 12.2 Å². The van der Waals surface area contributed by atoms with E-state index < -0.39 is 12.0 Å². The van der Waals surface area contributed by atoms with Crippen molar-refractivity contribution in [3.63, 3.8) is 0 Å². The van der Waals surface area contributed by atoms with Crippen molar-refractivity contribution in [1.29, 1.82) is 0 Å². The van der Waals surface area contributed by atoms with Gasteiger partial charge in [-0.3, -0.25) is 9.80 Å². The lowest BCUT2D eigenvalue weighted by Crippen LogP contribution is -2.49. The number of hydrogen-bond acceptors (Lipinski definition) is 3. The molecule has 0 aliphatic carbocycles. The molecule has 2 atom stereocenters. The maximum atomic E-state index is 11.8. The van der Waals surface area contributed by atoms with Crippen molar-refractivity contribution in [1.82, 2.24) is 0 Å². The first-order valence-electron chi connectivity index (χ1n) is 8.43. The van der Waals surface area contributed by atoms with E-state index in [-0.39, 0.29) is 0 Å². The Hall–Kier alpha value is -2.25. The van der Waals surface area contributed by atoms with E-state index in [0.29, 0.717) is 22.1 Å². The van der Waals surface area contributed by atoms with Gasteiger partial charge >= 0.3 is 0 Å². The van der Waals surface area contributed by atoms with Crippen LogP contribution in [0.5, 0.6) is 0 Å². The molecule has 0 unspecified atom stereocenters. The van der Waals surface area contributed by atoms with Crippen LogP contribution >= 0.6 is 28.1 Å². The molecule has 27 heavy (non-hydrogen) atoms. The smallest absolute Gasteiger partial charge is 0.217 e. The third kappa shape index (κ3) is 2.95. The molecule has 0 radical (unpaired) electrons. The largest absolute Gasteiger partial charge is 0.368 e. The number of anilines is 2. The van der Waals surface area contributed by atoms with Crippen LogP contribution in [0.25, 0.3) is 0 Å². The normalized spacial score (nSPS) is 22.3. The van der Waals surface area contributed by atoms with Crippen LogP contribution < -0.4 is 9.80 Å². The fourth-order valence-electron chi connectivity index (χ4n) is 3.35. The summed E-state index contributed by atoms with van der Waals surface area (Å²) in [5.41, 5.74) is 0.222. The summed E-state index contributed by atoms with van der Waals surface area (Å²) in [6.07, 6.45) is -1.28. The SMILES string of the molecule is O[C@@H]1N(c2ccccc2)C(=S)N(c2ccc(Br)cc2)[C@@]1(O)c1ccccc1. The summed E-state index contributed by atoms with van der Waals surface area (Å²) in [6, 6.07) is 25.9. The maximum Gasteiger partial charge on any atom is 0.217 e. The number of thiocarbonyl (C=S) groups is 1. The third-order valence-corrected chi connectivity index (χ3v) is 5.57. The Kier molecular flexibility index (Phi) is 4.74. The Morgan fingerprint density at radius 1 is 0.815 bits per heavy atom. The number of rotatable bonds is 3. The molecule has 0 aromatic heterocycles. The lowest BCUT2D eigenvalue weighted by atomic mass is 9.99. The van der Waals surface area contributed by atoms with Gasteiger partial charge in [-0.25, -0.2) is 0 Å². The maximum absolute atomic E-state index is 11.8. The van der Waals surface area contributed by atoms with Crippen LogP contribution in [0.15, 0.2) is 89.4 Å². The molecule has 0 spiro atoms. The minimum absolute atomic E-state index is 0.322. The molecule has 136 valence electrons. The zero-order valence-corrected chi connectivity index (χ0v) is 16.6. The molecular formula is C21H17BrN2O2S. The van der Waals surface area contributed by atoms with Crippen LogP contribution in [-0.4, -0.2) is 21.6 Å². The summed E-state index contributed by atoms with van der Waals surface area (Å²) in [7, 11) is 0. The van der Waals surface area contributed by atoms with Gasteiger partial charge in [-0.15, -0.1) is 0 Å². The molecular weight excluding hydrogens is 424 g/mol. The van der Waals surface area contributed by atoms with E-state index in [2.05, 4.69) is 15.9 Å². The molecule has 3 aromatic rings. The predicted octanol–water partition coefficient (Wildman–Crippen LogP) is 4.22.